The minimum absolute atomic E-state index is 0. The fourth-order valence-corrected chi connectivity index (χ4v) is 2.65. The molecule has 1 aliphatic heterocycles. The summed E-state index contributed by atoms with van der Waals surface area (Å²) in [4.78, 5) is 2.42. The van der Waals surface area contributed by atoms with E-state index in [1.54, 1.807) is 0 Å². The summed E-state index contributed by atoms with van der Waals surface area (Å²) < 4.78 is 5.65. The minimum Gasteiger partial charge on any atom is -0.494 e. The van der Waals surface area contributed by atoms with Crippen LogP contribution in [0.1, 0.15) is 18.9 Å². The highest BCUT2D eigenvalue weighted by atomic mass is 35.5. The van der Waals surface area contributed by atoms with Crippen LogP contribution in [0.4, 0.5) is 0 Å². The van der Waals surface area contributed by atoms with E-state index < -0.39 is 0 Å². The van der Waals surface area contributed by atoms with Crippen molar-refractivity contribution in [1.29, 1.82) is 0 Å². The normalized spacial score (nSPS) is 19.2. The SMILES string of the molecule is CCOc1ccc(Cl)cc1CN1CC[C@H](CN)C1.Cl. The lowest BCUT2D eigenvalue weighted by Gasteiger charge is -2.18. The molecule has 0 amide bonds. The van der Waals surface area contributed by atoms with Gasteiger partial charge in [0.1, 0.15) is 5.75 Å². The molecule has 1 aliphatic rings. The number of ether oxygens (including phenoxy) is 1. The monoisotopic (exact) mass is 304 g/mol. The summed E-state index contributed by atoms with van der Waals surface area (Å²) in [5.41, 5.74) is 6.89. The number of benzene rings is 1. The van der Waals surface area contributed by atoms with Crippen molar-refractivity contribution in [1.82, 2.24) is 4.90 Å². The molecule has 0 aliphatic carbocycles. The highest BCUT2D eigenvalue weighted by Crippen LogP contribution is 2.26. The van der Waals surface area contributed by atoms with Gasteiger partial charge in [0.15, 0.2) is 0 Å². The number of hydrogen-bond acceptors (Lipinski definition) is 3. The molecule has 1 heterocycles. The summed E-state index contributed by atoms with van der Waals surface area (Å²) in [6.07, 6.45) is 1.20. The van der Waals surface area contributed by atoms with Crippen molar-refractivity contribution in [2.45, 2.75) is 19.9 Å². The van der Waals surface area contributed by atoms with Gasteiger partial charge < -0.3 is 10.5 Å². The molecule has 0 saturated carbocycles. The van der Waals surface area contributed by atoms with Crippen LogP contribution in [-0.2, 0) is 6.54 Å². The van der Waals surface area contributed by atoms with Crippen LogP contribution in [0.25, 0.3) is 0 Å². The van der Waals surface area contributed by atoms with Crippen molar-refractivity contribution < 1.29 is 4.74 Å². The molecular formula is C14H22Cl2N2O. The Kier molecular flexibility index (Phi) is 6.94. The van der Waals surface area contributed by atoms with E-state index in [1.165, 1.54) is 12.0 Å². The zero-order chi connectivity index (χ0) is 13.0. The number of halogens is 2. The van der Waals surface area contributed by atoms with Crippen molar-refractivity contribution >= 4 is 24.0 Å². The maximum atomic E-state index is 6.06. The Hall–Kier alpha value is -0.480. The van der Waals surface area contributed by atoms with E-state index in [0.717, 1.165) is 37.0 Å². The second-order valence-corrected chi connectivity index (χ2v) is 5.25. The summed E-state index contributed by atoms with van der Waals surface area (Å²) in [7, 11) is 0. The van der Waals surface area contributed by atoms with Crippen LogP contribution in [0.2, 0.25) is 5.02 Å². The predicted molar refractivity (Wildman–Crippen MR) is 82.3 cm³/mol. The molecule has 0 aromatic heterocycles. The molecule has 1 atom stereocenters. The van der Waals surface area contributed by atoms with E-state index in [9.17, 15) is 0 Å². The lowest BCUT2D eigenvalue weighted by atomic mass is 10.1. The zero-order valence-corrected chi connectivity index (χ0v) is 12.8. The van der Waals surface area contributed by atoms with Crippen LogP contribution in [0.15, 0.2) is 18.2 Å². The summed E-state index contributed by atoms with van der Waals surface area (Å²) in [6.45, 7) is 6.55. The maximum absolute atomic E-state index is 6.06. The molecule has 1 saturated heterocycles. The lowest BCUT2D eigenvalue weighted by Crippen LogP contribution is -2.23. The second-order valence-electron chi connectivity index (χ2n) is 4.81. The standard InChI is InChI=1S/C14H21ClN2O.ClH/c1-2-18-14-4-3-13(15)7-12(14)10-17-6-5-11(8-16)9-17;/h3-4,7,11H,2,5-6,8-10,16H2,1H3;1H/t11-;/m1./s1. The number of nitrogens with two attached hydrogens (primary N) is 1. The molecule has 1 fully saturated rings. The Labute approximate surface area is 126 Å². The summed E-state index contributed by atoms with van der Waals surface area (Å²) in [5, 5.41) is 0.767. The Balaban J connectivity index is 0.00000180. The van der Waals surface area contributed by atoms with Crippen molar-refractivity contribution in [2.75, 3.05) is 26.2 Å². The van der Waals surface area contributed by atoms with Gasteiger partial charge in [-0.15, -0.1) is 12.4 Å². The van der Waals surface area contributed by atoms with Crippen molar-refractivity contribution in [2.24, 2.45) is 11.7 Å². The number of nitrogens with zero attached hydrogens (tertiary/aromatic N) is 1. The van der Waals surface area contributed by atoms with Gasteiger partial charge in [-0.2, -0.15) is 0 Å². The first kappa shape index (κ1) is 16.6. The Morgan fingerprint density at radius 1 is 1.47 bits per heavy atom. The van der Waals surface area contributed by atoms with Gasteiger partial charge in [0, 0.05) is 23.7 Å². The topological polar surface area (TPSA) is 38.5 Å². The summed E-state index contributed by atoms with van der Waals surface area (Å²) >= 11 is 6.06. The van der Waals surface area contributed by atoms with Gasteiger partial charge >= 0.3 is 0 Å². The molecule has 3 nitrogen and oxygen atoms in total. The predicted octanol–water partition coefficient (Wildman–Crippen LogP) is 2.94. The molecule has 1 aromatic rings. The smallest absolute Gasteiger partial charge is 0.123 e. The van der Waals surface area contributed by atoms with Gasteiger partial charge in [0.25, 0.3) is 0 Å². The summed E-state index contributed by atoms with van der Waals surface area (Å²) in [5.74, 6) is 1.58. The number of likely N-dealkylation sites (tertiary alicyclic amines) is 1. The van der Waals surface area contributed by atoms with Crippen LogP contribution < -0.4 is 10.5 Å². The van der Waals surface area contributed by atoms with Crippen LogP contribution >= 0.6 is 24.0 Å². The van der Waals surface area contributed by atoms with Crippen molar-refractivity contribution in [3.05, 3.63) is 28.8 Å². The van der Waals surface area contributed by atoms with Gasteiger partial charge in [0.2, 0.25) is 0 Å². The molecule has 19 heavy (non-hydrogen) atoms. The fourth-order valence-electron chi connectivity index (χ4n) is 2.46. The van der Waals surface area contributed by atoms with Crippen LogP contribution in [0.5, 0.6) is 5.75 Å². The molecule has 108 valence electrons. The minimum atomic E-state index is 0. The van der Waals surface area contributed by atoms with E-state index in [-0.39, 0.29) is 12.4 Å². The van der Waals surface area contributed by atoms with Crippen molar-refractivity contribution in [3.8, 4) is 5.75 Å². The van der Waals surface area contributed by atoms with E-state index in [2.05, 4.69) is 4.90 Å². The molecular weight excluding hydrogens is 283 g/mol. The molecule has 0 radical (unpaired) electrons. The Morgan fingerprint density at radius 2 is 2.26 bits per heavy atom. The second kappa shape index (κ2) is 7.95. The lowest BCUT2D eigenvalue weighted by molar-refractivity contribution is 0.297. The van der Waals surface area contributed by atoms with E-state index >= 15 is 0 Å². The third-order valence-corrected chi connectivity index (χ3v) is 3.65. The molecule has 2 rings (SSSR count). The van der Waals surface area contributed by atoms with Crippen LogP contribution in [-0.4, -0.2) is 31.1 Å². The van der Waals surface area contributed by atoms with E-state index in [4.69, 9.17) is 22.1 Å². The van der Waals surface area contributed by atoms with Crippen molar-refractivity contribution in [3.63, 3.8) is 0 Å². The van der Waals surface area contributed by atoms with Gasteiger partial charge in [-0.05, 0) is 50.6 Å². The molecule has 0 unspecified atom stereocenters. The molecule has 2 N–H and O–H groups in total. The average Bonchev–Trinajstić information content (AvgIpc) is 2.80. The first-order valence-electron chi connectivity index (χ1n) is 6.56. The van der Waals surface area contributed by atoms with E-state index in [1.807, 2.05) is 25.1 Å². The summed E-state index contributed by atoms with van der Waals surface area (Å²) in [6, 6.07) is 5.84. The van der Waals surface area contributed by atoms with Gasteiger partial charge in [-0.1, -0.05) is 11.6 Å². The average molecular weight is 305 g/mol. The highest BCUT2D eigenvalue weighted by Gasteiger charge is 2.22. The quantitative estimate of drug-likeness (QED) is 0.909. The Bertz CT molecular complexity index is 401. The third kappa shape index (κ3) is 4.53. The first-order chi connectivity index (χ1) is 8.72. The molecule has 0 bridgehead atoms. The fraction of sp³-hybridized carbons (Fsp3) is 0.571. The molecule has 0 spiro atoms. The number of hydrogen-bond donors (Lipinski definition) is 1. The molecule has 5 heteroatoms. The van der Waals surface area contributed by atoms with E-state index in [0.29, 0.717) is 12.5 Å². The molecule has 1 aromatic carbocycles. The largest absolute Gasteiger partial charge is 0.494 e. The first-order valence-corrected chi connectivity index (χ1v) is 6.94. The van der Waals surface area contributed by atoms with Gasteiger partial charge in [-0.3, -0.25) is 4.90 Å². The van der Waals surface area contributed by atoms with Crippen LogP contribution in [0, 0.1) is 5.92 Å². The van der Waals surface area contributed by atoms with Gasteiger partial charge in [-0.25, -0.2) is 0 Å². The zero-order valence-electron chi connectivity index (χ0n) is 11.3. The maximum Gasteiger partial charge on any atom is 0.123 e. The Morgan fingerprint density at radius 3 is 2.89 bits per heavy atom. The number of rotatable bonds is 5. The van der Waals surface area contributed by atoms with Gasteiger partial charge in [0.05, 0.1) is 6.61 Å². The van der Waals surface area contributed by atoms with Crippen LogP contribution in [0.3, 0.4) is 0 Å². The third-order valence-electron chi connectivity index (χ3n) is 3.42. The highest BCUT2D eigenvalue weighted by molar-refractivity contribution is 6.30.